The zero-order valence-electron chi connectivity index (χ0n) is 18.6. The highest BCUT2D eigenvalue weighted by atomic mass is 19.4. The molecule has 0 unspecified atom stereocenters. The Hall–Kier alpha value is -3.14. The lowest BCUT2D eigenvalue weighted by Gasteiger charge is -2.20. The Labute approximate surface area is 184 Å². The Morgan fingerprint density at radius 2 is 1.91 bits per heavy atom. The largest absolute Gasteiger partial charge is 0.418 e. The van der Waals surface area contributed by atoms with Crippen molar-refractivity contribution in [2.24, 2.45) is 5.41 Å². The fourth-order valence-corrected chi connectivity index (χ4v) is 2.92. The first-order valence-corrected chi connectivity index (χ1v) is 10.00. The number of methoxy groups -OCH3 is 1. The SMILES string of the molecule is COCCN(C)c1ccc2nc(-c3ccc(C(F)(F)F)c(NC(=O)C(C)(C)C)c3)cn2n1. The zero-order chi connectivity index (χ0) is 23.7. The summed E-state index contributed by atoms with van der Waals surface area (Å²) in [6, 6.07) is 7.17. The number of ether oxygens (including phenoxy) is 1. The average Bonchev–Trinajstić information content (AvgIpc) is 3.13. The van der Waals surface area contributed by atoms with E-state index in [0.717, 1.165) is 6.07 Å². The highest BCUT2D eigenvalue weighted by molar-refractivity contribution is 5.96. The molecule has 0 spiro atoms. The highest BCUT2D eigenvalue weighted by Gasteiger charge is 2.35. The van der Waals surface area contributed by atoms with Gasteiger partial charge >= 0.3 is 6.18 Å². The molecular weight excluding hydrogens is 423 g/mol. The molecule has 1 aromatic carbocycles. The van der Waals surface area contributed by atoms with Crippen LogP contribution >= 0.6 is 0 Å². The van der Waals surface area contributed by atoms with Gasteiger partial charge in [-0.25, -0.2) is 9.50 Å². The molecule has 1 N–H and O–H groups in total. The number of nitrogens with zero attached hydrogens (tertiary/aromatic N) is 4. The van der Waals surface area contributed by atoms with Crippen molar-refractivity contribution in [2.75, 3.05) is 37.5 Å². The summed E-state index contributed by atoms with van der Waals surface area (Å²) in [6.07, 6.45) is -2.97. The van der Waals surface area contributed by atoms with Crippen molar-refractivity contribution in [2.45, 2.75) is 26.9 Å². The molecule has 0 fully saturated rings. The zero-order valence-corrected chi connectivity index (χ0v) is 18.6. The Bertz CT molecular complexity index is 1120. The van der Waals surface area contributed by atoms with E-state index in [1.807, 2.05) is 18.0 Å². The lowest BCUT2D eigenvalue weighted by Crippen LogP contribution is -2.28. The van der Waals surface area contributed by atoms with Crippen molar-refractivity contribution in [3.8, 4) is 11.3 Å². The number of fused-ring (bicyclic) bond motifs is 1. The summed E-state index contributed by atoms with van der Waals surface area (Å²) < 4.78 is 47.2. The number of hydrogen-bond donors (Lipinski definition) is 1. The van der Waals surface area contributed by atoms with E-state index >= 15 is 0 Å². The quantitative estimate of drug-likeness (QED) is 0.601. The summed E-state index contributed by atoms with van der Waals surface area (Å²) in [4.78, 5) is 18.7. The van der Waals surface area contributed by atoms with Crippen LogP contribution in [0.2, 0.25) is 0 Å². The Morgan fingerprint density at radius 1 is 1.19 bits per heavy atom. The van der Waals surface area contributed by atoms with Crippen molar-refractivity contribution in [3.63, 3.8) is 0 Å². The van der Waals surface area contributed by atoms with Gasteiger partial charge in [0.2, 0.25) is 5.91 Å². The van der Waals surface area contributed by atoms with Crippen LogP contribution in [0.5, 0.6) is 0 Å². The molecule has 3 aromatic rings. The summed E-state index contributed by atoms with van der Waals surface area (Å²) in [5.41, 5.74) is -0.653. The maximum absolute atomic E-state index is 13.5. The van der Waals surface area contributed by atoms with Gasteiger partial charge in [0.1, 0.15) is 5.82 Å². The molecule has 2 aromatic heterocycles. The standard InChI is InChI=1S/C22H26F3N5O2/c1-21(2,3)20(31)27-16-12-14(6-7-15(16)22(23,24)25)17-13-30-18(26-17)8-9-19(28-30)29(4)10-11-32-5/h6-9,12-13H,10-11H2,1-5H3,(H,27,31). The van der Waals surface area contributed by atoms with E-state index in [1.165, 1.54) is 12.1 Å². The van der Waals surface area contributed by atoms with E-state index in [4.69, 9.17) is 4.74 Å². The minimum atomic E-state index is -4.61. The second-order valence-corrected chi connectivity index (χ2v) is 8.50. The molecule has 0 atom stereocenters. The van der Waals surface area contributed by atoms with E-state index in [0.29, 0.717) is 35.9 Å². The molecular formula is C22H26F3N5O2. The maximum atomic E-state index is 13.5. The number of carbonyl (C=O) groups excluding carboxylic acids is 1. The van der Waals surface area contributed by atoms with Gasteiger partial charge in [-0.1, -0.05) is 26.8 Å². The van der Waals surface area contributed by atoms with Gasteiger partial charge in [-0.15, -0.1) is 5.10 Å². The van der Waals surface area contributed by atoms with Crippen LogP contribution in [0.1, 0.15) is 26.3 Å². The van der Waals surface area contributed by atoms with Gasteiger partial charge in [0.05, 0.1) is 29.7 Å². The molecule has 172 valence electrons. The van der Waals surface area contributed by atoms with Crippen LogP contribution in [-0.4, -0.2) is 47.8 Å². The summed E-state index contributed by atoms with van der Waals surface area (Å²) in [6.45, 7) is 6.09. The van der Waals surface area contributed by atoms with Gasteiger partial charge in [0.25, 0.3) is 0 Å². The summed E-state index contributed by atoms with van der Waals surface area (Å²) >= 11 is 0. The van der Waals surface area contributed by atoms with E-state index < -0.39 is 23.1 Å². The Kier molecular flexibility index (Phi) is 6.45. The number of aromatic nitrogens is 3. The third kappa shape index (κ3) is 5.18. The fourth-order valence-electron chi connectivity index (χ4n) is 2.92. The van der Waals surface area contributed by atoms with Crippen LogP contribution in [0.25, 0.3) is 16.9 Å². The molecule has 10 heteroatoms. The van der Waals surface area contributed by atoms with Crippen LogP contribution < -0.4 is 10.2 Å². The molecule has 32 heavy (non-hydrogen) atoms. The van der Waals surface area contributed by atoms with Gasteiger partial charge in [-0.3, -0.25) is 4.79 Å². The fraction of sp³-hybridized carbons (Fsp3) is 0.409. The first-order valence-electron chi connectivity index (χ1n) is 10.00. The summed E-state index contributed by atoms with van der Waals surface area (Å²) in [5, 5.41) is 6.93. The third-order valence-corrected chi connectivity index (χ3v) is 4.88. The minimum Gasteiger partial charge on any atom is -0.383 e. The minimum absolute atomic E-state index is 0.306. The normalized spacial score (nSPS) is 12.2. The topological polar surface area (TPSA) is 71.8 Å². The average molecular weight is 449 g/mol. The van der Waals surface area contributed by atoms with Crippen LogP contribution in [0, 0.1) is 5.41 Å². The first kappa shape index (κ1) is 23.5. The molecule has 0 aliphatic heterocycles. The second kappa shape index (κ2) is 8.78. The van der Waals surface area contributed by atoms with Crippen LogP contribution in [0.4, 0.5) is 24.7 Å². The van der Waals surface area contributed by atoms with Crippen molar-refractivity contribution in [3.05, 3.63) is 42.1 Å². The van der Waals surface area contributed by atoms with E-state index in [9.17, 15) is 18.0 Å². The number of likely N-dealkylation sites (N-methyl/N-ethyl adjacent to an activating group) is 1. The second-order valence-electron chi connectivity index (χ2n) is 8.50. The van der Waals surface area contributed by atoms with E-state index in [2.05, 4.69) is 15.4 Å². The Morgan fingerprint density at radius 3 is 2.53 bits per heavy atom. The van der Waals surface area contributed by atoms with E-state index in [1.54, 1.807) is 44.7 Å². The first-order chi connectivity index (χ1) is 14.9. The number of halogens is 3. The van der Waals surface area contributed by atoms with E-state index in [-0.39, 0.29) is 5.69 Å². The molecule has 7 nitrogen and oxygen atoms in total. The molecule has 0 saturated carbocycles. The number of carbonyl (C=O) groups is 1. The van der Waals surface area contributed by atoms with Crippen LogP contribution in [-0.2, 0) is 15.7 Å². The van der Waals surface area contributed by atoms with Gasteiger partial charge in [0, 0.05) is 31.7 Å². The number of rotatable bonds is 6. The van der Waals surface area contributed by atoms with Gasteiger partial charge in [-0.05, 0) is 24.3 Å². The molecule has 1 amide bonds. The number of hydrogen-bond acceptors (Lipinski definition) is 5. The molecule has 0 bridgehead atoms. The molecule has 3 rings (SSSR count). The maximum Gasteiger partial charge on any atom is 0.418 e. The number of anilines is 2. The van der Waals surface area contributed by atoms with Crippen LogP contribution in [0.15, 0.2) is 36.5 Å². The predicted molar refractivity (Wildman–Crippen MR) is 117 cm³/mol. The molecule has 0 radical (unpaired) electrons. The van der Waals surface area contributed by atoms with Crippen molar-refractivity contribution in [1.82, 2.24) is 14.6 Å². The molecule has 0 saturated heterocycles. The summed E-state index contributed by atoms with van der Waals surface area (Å²) in [5.74, 6) is 0.185. The highest BCUT2D eigenvalue weighted by Crippen LogP contribution is 2.37. The van der Waals surface area contributed by atoms with Crippen molar-refractivity contribution in [1.29, 1.82) is 0 Å². The summed E-state index contributed by atoms with van der Waals surface area (Å²) in [7, 11) is 3.50. The molecule has 0 aliphatic carbocycles. The van der Waals surface area contributed by atoms with Crippen LogP contribution in [0.3, 0.4) is 0 Å². The number of benzene rings is 1. The number of alkyl halides is 3. The van der Waals surface area contributed by atoms with Gasteiger partial charge < -0.3 is 15.0 Å². The monoisotopic (exact) mass is 449 g/mol. The lowest BCUT2D eigenvalue weighted by molar-refractivity contribution is -0.137. The number of imidazole rings is 1. The lowest BCUT2D eigenvalue weighted by atomic mass is 9.95. The van der Waals surface area contributed by atoms with Crippen molar-refractivity contribution < 1.29 is 22.7 Å². The molecule has 0 aliphatic rings. The number of nitrogens with one attached hydrogen (secondary N) is 1. The third-order valence-electron chi connectivity index (χ3n) is 4.88. The van der Waals surface area contributed by atoms with Crippen molar-refractivity contribution >= 4 is 23.1 Å². The molecule has 2 heterocycles. The number of amides is 1. The van der Waals surface area contributed by atoms with Gasteiger partial charge in [-0.2, -0.15) is 13.2 Å². The predicted octanol–water partition coefficient (Wildman–Crippen LogP) is 4.48. The smallest absolute Gasteiger partial charge is 0.383 e. The van der Waals surface area contributed by atoms with Gasteiger partial charge in [0.15, 0.2) is 5.65 Å². The Balaban J connectivity index is 1.99.